The van der Waals surface area contributed by atoms with Crippen LogP contribution in [0.25, 0.3) is 10.9 Å². The molecule has 1 aromatic carbocycles. The van der Waals surface area contributed by atoms with E-state index in [0.717, 1.165) is 11.8 Å². The summed E-state index contributed by atoms with van der Waals surface area (Å²) in [7, 11) is -1.79. The lowest BCUT2D eigenvalue weighted by Gasteiger charge is -2.08. The van der Waals surface area contributed by atoms with Crippen LogP contribution in [0.4, 0.5) is 0 Å². The molecular weight excluding hydrogens is 274 g/mol. The van der Waals surface area contributed by atoms with Crippen LogP contribution in [-0.4, -0.2) is 26.8 Å². The number of hydrogen-bond acceptors (Lipinski definition) is 4. The van der Waals surface area contributed by atoms with Gasteiger partial charge < -0.3 is 4.74 Å². The van der Waals surface area contributed by atoms with E-state index in [9.17, 15) is 8.42 Å². The number of aromatic nitrogens is 1. The van der Waals surface area contributed by atoms with Crippen LogP contribution in [0, 0.1) is 0 Å². The van der Waals surface area contributed by atoms with Crippen LogP contribution < -0.4 is 0 Å². The Morgan fingerprint density at radius 3 is 2.67 bits per heavy atom. The van der Waals surface area contributed by atoms with Gasteiger partial charge in [-0.15, -0.1) is 0 Å². The molecule has 0 atom stereocenters. The molecule has 0 aliphatic heterocycles. The van der Waals surface area contributed by atoms with Crippen molar-refractivity contribution in [2.24, 2.45) is 0 Å². The fourth-order valence-electron chi connectivity index (χ4n) is 1.78. The second-order valence-electron chi connectivity index (χ2n) is 4.02. The Bertz CT molecular complexity index is 698. The smallest absolute Gasteiger partial charge is 0.177 e. The van der Waals surface area contributed by atoms with Crippen molar-refractivity contribution in [3.8, 4) is 0 Å². The van der Waals surface area contributed by atoms with Crippen LogP contribution in [0.2, 0.25) is 5.02 Å². The van der Waals surface area contributed by atoms with Crippen molar-refractivity contribution in [2.75, 3.05) is 13.4 Å². The third-order valence-electron chi connectivity index (χ3n) is 2.49. The van der Waals surface area contributed by atoms with Gasteiger partial charge in [0.1, 0.15) is 0 Å². The van der Waals surface area contributed by atoms with Crippen LogP contribution in [0.15, 0.2) is 29.3 Å². The SMILES string of the molecule is COCc1cc(S(C)(=O)=O)c2ncc(Cl)cc2c1. The van der Waals surface area contributed by atoms with Gasteiger partial charge in [-0.25, -0.2) is 8.42 Å². The Morgan fingerprint density at radius 1 is 1.33 bits per heavy atom. The third kappa shape index (κ3) is 2.63. The number of rotatable bonds is 3. The lowest BCUT2D eigenvalue weighted by molar-refractivity contribution is 0.185. The van der Waals surface area contributed by atoms with Gasteiger partial charge in [-0.1, -0.05) is 11.6 Å². The Balaban J connectivity index is 2.81. The van der Waals surface area contributed by atoms with E-state index in [0.29, 0.717) is 22.5 Å². The van der Waals surface area contributed by atoms with Gasteiger partial charge in [0.25, 0.3) is 0 Å². The molecule has 0 radical (unpaired) electrons. The summed E-state index contributed by atoms with van der Waals surface area (Å²) in [6, 6.07) is 5.10. The van der Waals surface area contributed by atoms with Crippen molar-refractivity contribution in [2.45, 2.75) is 11.5 Å². The summed E-state index contributed by atoms with van der Waals surface area (Å²) < 4.78 is 28.6. The molecule has 18 heavy (non-hydrogen) atoms. The molecule has 1 aromatic heterocycles. The van der Waals surface area contributed by atoms with Gasteiger partial charge >= 0.3 is 0 Å². The summed E-state index contributed by atoms with van der Waals surface area (Å²) in [5, 5.41) is 1.16. The van der Waals surface area contributed by atoms with Gasteiger partial charge in [0.15, 0.2) is 9.84 Å². The molecule has 0 N–H and O–H groups in total. The molecule has 0 amide bonds. The highest BCUT2D eigenvalue weighted by Crippen LogP contribution is 2.25. The number of methoxy groups -OCH3 is 1. The standard InChI is InChI=1S/C12H12ClNO3S/c1-17-7-8-3-9-5-10(13)6-14-12(9)11(4-8)18(2,15)16/h3-6H,7H2,1-2H3. The Labute approximate surface area is 110 Å². The Hall–Kier alpha value is -1.17. The van der Waals surface area contributed by atoms with E-state index in [1.165, 1.54) is 6.20 Å². The summed E-state index contributed by atoms with van der Waals surface area (Å²) in [6.45, 7) is 0.338. The first-order valence-electron chi connectivity index (χ1n) is 5.19. The molecule has 2 rings (SSSR count). The van der Waals surface area contributed by atoms with E-state index in [1.807, 2.05) is 6.07 Å². The molecule has 0 unspecified atom stereocenters. The van der Waals surface area contributed by atoms with E-state index in [1.54, 1.807) is 19.2 Å². The summed E-state index contributed by atoms with van der Waals surface area (Å²) >= 11 is 5.87. The topological polar surface area (TPSA) is 56.3 Å². The van der Waals surface area contributed by atoms with Gasteiger partial charge in [-0.3, -0.25) is 4.98 Å². The zero-order valence-electron chi connectivity index (χ0n) is 9.97. The first-order chi connectivity index (χ1) is 8.41. The summed E-state index contributed by atoms with van der Waals surface area (Å²) in [6.07, 6.45) is 2.60. The first-order valence-corrected chi connectivity index (χ1v) is 7.46. The average Bonchev–Trinajstić information content (AvgIpc) is 2.26. The fourth-order valence-corrected chi connectivity index (χ4v) is 2.84. The van der Waals surface area contributed by atoms with E-state index in [4.69, 9.17) is 16.3 Å². The lowest BCUT2D eigenvalue weighted by atomic mass is 10.1. The zero-order chi connectivity index (χ0) is 13.3. The highest BCUT2D eigenvalue weighted by Gasteiger charge is 2.15. The highest BCUT2D eigenvalue weighted by atomic mass is 35.5. The van der Waals surface area contributed by atoms with Crippen molar-refractivity contribution in [3.05, 3.63) is 35.0 Å². The summed E-state index contributed by atoms with van der Waals surface area (Å²) in [5.41, 5.74) is 1.20. The Morgan fingerprint density at radius 2 is 2.06 bits per heavy atom. The fraction of sp³-hybridized carbons (Fsp3) is 0.250. The number of benzene rings is 1. The average molecular weight is 286 g/mol. The minimum absolute atomic E-state index is 0.198. The number of halogens is 1. The van der Waals surface area contributed by atoms with E-state index >= 15 is 0 Å². The molecule has 0 aliphatic carbocycles. The number of hydrogen-bond donors (Lipinski definition) is 0. The van der Waals surface area contributed by atoms with Crippen LogP contribution in [0.3, 0.4) is 0 Å². The number of sulfone groups is 1. The molecule has 0 fully saturated rings. The van der Waals surface area contributed by atoms with Crippen LogP contribution in [-0.2, 0) is 21.2 Å². The van der Waals surface area contributed by atoms with Crippen LogP contribution >= 0.6 is 11.6 Å². The van der Waals surface area contributed by atoms with Crippen molar-refractivity contribution >= 4 is 32.3 Å². The summed E-state index contributed by atoms with van der Waals surface area (Å²) in [4.78, 5) is 4.29. The number of fused-ring (bicyclic) bond motifs is 1. The lowest BCUT2D eigenvalue weighted by Crippen LogP contribution is -2.01. The summed E-state index contributed by atoms with van der Waals surface area (Å²) in [5.74, 6) is 0. The second kappa shape index (κ2) is 4.84. The van der Waals surface area contributed by atoms with Crippen LogP contribution in [0.5, 0.6) is 0 Å². The molecular formula is C12H12ClNO3S. The van der Waals surface area contributed by atoms with E-state index in [-0.39, 0.29) is 4.90 Å². The van der Waals surface area contributed by atoms with Crippen molar-refractivity contribution < 1.29 is 13.2 Å². The number of ether oxygens (including phenoxy) is 1. The second-order valence-corrected chi connectivity index (χ2v) is 6.44. The predicted octanol–water partition coefficient (Wildman–Crippen LogP) is 2.44. The molecule has 2 aromatic rings. The monoisotopic (exact) mass is 285 g/mol. The van der Waals surface area contributed by atoms with Crippen molar-refractivity contribution in [3.63, 3.8) is 0 Å². The third-order valence-corrected chi connectivity index (χ3v) is 3.80. The van der Waals surface area contributed by atoms with Gasteiger partial charge in [-0.05, 0) is 23.8 Å². The highest BCUT2D eigenvalue weighted by molar-refractivity contribution is 7.91. The van der Waals surface area contributed by atoms with Gasteiger partial charge in [0, 0.05) is 24.9 Å². The maximum atomic E-state index is 11.8. The minimum Gasteiger partial charge on any atom is -0.380 e. The largest absolute Gasteiger partial charge is 0.380 e. The minimum atomic E-state index is -3.34. The van der Waals surface area contributed by atoms with Gasteiger partial charge in [-0.2, -0.15) is 0 Å². The quantitative estimate of drug-likeness (QED) is 0.869. The maximum Gasteiger partial charge on any atom is 0.177 e. The van der Waals surface area contributed by atoms with E-state index in [2.05, 4.69) is 4.98 Å². The first kappa shape index (κ1) is 13.3. The number of pyridine rings is 1. The molecule has 0 bridgehead atoms. The van der Waals surface area contributed by atoms with Crippen molar-refractivity contribution in [1.82, 2.24) is 4.98 Å². The van der Waals surface area contributed by atoms with Crippen molar-refractivity contribution in [1.29, 1.82) is 0 Å². The normalized spacial score (nSPS) is 11.9. The Kier molecular flexibility index (Phi) is 3.56. The molecule has 0 saturated carbocycles. The molecule has 6 heteroatoms. The van der Waals surface area contributed by atoms with Crippen LogP contribution in [0.1, 0.15) is 5.56 Å². The number of nitrogens with zero attached hydrogens (tertiary/aromatic N) is 1. The maximum absolute atomic E-state index is 11.8. The predicted molar refractivity (Wildman–Crippen MR) is 70.6 cm³/mol. The molecule has 0 aliphatic rings. The van der Waals surface area contributed by atoms with Gasteiger partial charge in [0.2, 0.25) is 0 Å². The molecule has 1 heterocycles. The molecule has 4 nitrogen and oxygen atoms in total. The molecule has 0 saturated heterocycles. The zero-order valence-corrected chi connectivity index (χ0v) is 11.5. The molecule has 0 spiro atoms. The van der Waals surface area contributed by atoms with E-state index < -0.39 is 9.84 Å². The van der Waals surface area contributed by atoms with Gasteiger partial charge in [0.05, 0.1) is 22.0 Å². The molecule has 96 valence electrons.